The topological polar surface area (TPSA) is 57.8 Å². The number of allylic oxidation sites excluding steroid dienone is 1. The summed E-state index contributed by atoms with van der Waals surface area (Å²) in [6.45, 7) is 9.23. The Bertz CT molecular complexity index is 1040. The third-order valence-electron chi connectivity index (χ3n) is 5.57. The number of imidazole rings is 1. The smallest absolute Gasteiger partial charge is 0.252 e. The number of halogens is 2. The van der Waals surface area contributed by atoms with E-state index in [0.29, 0.717) is 17.9 Å². The number of fused-ring (bicyclic) bond motifs is 1. The number of carbonyl (C=O) groups excluding carboxylic acids is 1. The Morgan fingerprint density at radius 3 is 2.62 bits per heavy atom. The van der Waals surface area contributed by atoms with Crippen molar-refractivity contribution in [2.75, 3.05) is 6.54 Å². The highest BCUT2D eigenvalue weighted by atomic mass is 79.9. The van der Waals surface area contributed by atoms with Crippen LogP contribution in [0.2, 0.25) is 0 Å². The van der Waals surface area contributed by atoms with E-state index in [9.17, 15) is 4.79 Å². The molecule has 2 N–H and O–H groups in total. The van der Waals surface area contributed by atoms with Crippen molar-refractivity contribution in [2.24, 2.45) is 5.41 Å². The second-order valence-electron chi connectivity index (χ2n) is 7.75. The van der Waals surface area contributed by atoms with Crippen molar-refractivity contribution >= 4 is 48.8 Å². The molecule has 1 heterocycles. The molecule has 0 aliphatic carbocycles. The molecule has 0 unspecified atom stereocenters. The van der Waals surface area contributed by atoms with E-state index in [-0.39, 0.29) is 11.3 Å². The van der Waals surface area contributed by atoms with Gasteiger partial charge in [0.2, 0.25) is 0 Å². The molecule has 0 atom stereocenters. The molecule has 0 radical (unpaired) electrons. The van der Waals surface area contributed by atoms with E-state index in [1.807, 2.05) is 36.4 Å². The molecular formula is C23H25Br2N3O. The zero-order valence-corrected chi connectivity index (χ0v) is 20.2. The van der Waals surface area contributed by atoms with Crippen molar-refractivity contribution in [3.63, 3.8) is 0 Å². The number of nitrogens with zero attached hydrogens (tertiary/aromatic N) is 1. The molecule has 152 valence electrons. The number of amides is 1. The van der Waals surface area contributed by atoms with Crippen molar-refractivity contribution in [3.05, 3.63) is 62.6 Å². The monoisotopic (exact) mass is 517 g/mol. The molecule has 0 saturated carbocycles. The predicted molar refractivity (Wildman–Crippen MR) is 127 cm³/mol. The summed E-state index contributed by atoms with van der Waals surface area (Å²) in [6, 6.07) is 11.5. The number of H-pyrrole nitrogens is 1. The van der Waals surface area contributed by atoms with Crippen LogP contribution in [0.15, 0.2) is 57.0 Å². The third kappa shape index (κ3) is 4.81. The molecule has 0 aliphatic rings. The third-order valence-corrected chi connectivity index (χ3v) is 7.42. The SMILES string of the molecule is CCC(C)(C)/C(C)=C/CNC(=O)c1ccccc1-c1nc2cc(Br)c(Br)cc2[nH]1. The molecule has 4 nitrogen and oxygen atoms in total. The summed E-state index contributed by atoms with van der Waals surface area (Å²) in [4.78, 5) is 20.9. The van der Waals surface area contributed by atoms with Gasteiger partial charge in [0.05, 0.1) is 16.6 Å². The minimum Gasteiger partial charge on any atom is -0.349 e. The lowest BCUT2D eigenvalue weighted by Gasteiger charge is -2.24. The van der Waals surface area contributed by atoms with Gasteiger partial charge in [-0.3, -0.25) is 4.79 Å². The lowest BCUT2D eigenvalue weighted by molar-refractivity contribution is 0.0958. The van der Waals surface area contributed by atoms with Crippen LogP contribution in [0.25, 0.3) is 22.4 Å². The molecule has 0 bridgehead atoms. The van der Waals surface area contributed by atoms with Crippen molar-refractivity contribution in [2.45, 2.75) is 34.1 Å². The Morgan fingerprint density at radius 1 is 1.21 bits per heavy atom. The molecule has 0 fully saturated rings. The summed E-state index contributed by atoms with van der Waals surface area (Å²) in [6.07, 6.45) is 3.16. The molecule has 3 rings (SSSR count). The number of benzene rings is 2. The summed E-state index contributed by atoms with van der Waals surface area (Å²) < 4.78 is 1.88. The standard InChI is InChI=1S/C23H25Br2N3O/c1-5-23(3,4)14(2)10-11-26-22(29)16-9-7-6-8-15(16)21-27-19-12-17(24)18(25)13-20(19)28-21/h6-10,12-13H,5,11H2,1-4H3,(H,26,29)(H,27,28)/b14-10+. The summed E-state index contributed by atoms with van der Waals surface area (Å²) in [5.41, 5.74) is 4.55. The first-order chi connectivity index (χ1) is 13.7. The van der Waals surface area contributed by atoms with E-state index in [2.05, 4.69) is 80.9 Å². The lowest BCUT2D eigenvalue weighted by atomic mass is 9.82. The van der Waals surface area contributed by atoms with Crippen LogP contribution >= 0.6 is 31.9 Å². The Balaban J connectivity index is 1.86. The van der Waals surface area contributed by atoms with Gasteiger partial charge in [-0.25, -0.2) is 4.98 Å². The number of aromatic nitrogens is 2. The first-order valence-electron chi connectivity index (χ1n) is 9.62. The Morgan fingerprint density at radius 2 is 1.90 bits per heavy atom. The molecule has 0 spiro atoms. The van der Waals surface area contributed by atoms with Crippen LogP contribution in [0.4, 0.5) is 0 Å². The molecule has 1 aromatic heterocycles. The molecule has 0 saturated heterocycles. The first-order valence-corrected chi connectivity index (χ1v) is 11.2. The van der Waals surface area contributed by atoms with Crippen LogP contribution in [0.3, 0.4) is 0 Å². The zero-order valence-electron chi connectivity index (χ0n) is 17.1. The van der Waals surface area contributed by atoms with Crippen molar-refractivity contribution in [1.29, 1.82) is 0 Å². The largest absolute Gasteiger partial charge is 0.349 e. The van der Waals surface area contributed by atoms with E-state index in [1.165, 1.54) is 5.57 Å². The van der Waals surface area contributed by atoms with Crippen LogP contribution in [0.1, 0.15) is 44.5 Å². The zero-order chi connectivity index (χ0) is 21.2. The average Bonchev–Trinajstić information content (AvgIpc) is 3.10. The molecular weight excluding hydrogens is 494 g/mol. The van der Waals surface area contributed by atoms with E-state index in [0.717, 1.165) is 32.0 Å². The van der Waals surface area contributed by atoms with Crippen molar-refractivity contribution < 1.29 is 4.79 Å². The average molecular weight is 519 g/mol. The highest BCUT2D eigenvalue weighted by Crippen LogP contribution is 2.31. The second-order valence-corrected chi connectivity index (χ2v) is 9.46. The number of hydrogen-bond acceptors (Lipinski definition) is 2. The highest BCUT2D eigenvalue weighted by Gasteiger charge is 2.18. The molecule has 1 amide bonds. The molecule has 29 heavy (non-hydrogen) atoms. The summed E-state index contributed by atoms with van der Waals surface area (Å²) in [5, 5.41) is 3.02. The van der Waals surface area contributed by atoms with Gasteiger partial charge < -0.3 is 10.3 Å². The maximum Gasteiger partial charge on any atom is 0.252 e. The second kappa shape index (κ2) is 8.84. The molecule has 2 aromatic carbocycles. The van der Waals surface area contributed by atoms with Gasteiger partial charge in [0.15, 0.2) is 0 Å². The van der Waals surface area contributed by atoms with Crippen LogP contribution in [0.5, 0.6) is 0 Å². The number of rotatable bonds is 6. The summed E-state index contributed by atoms with van der Waals surface area (Å²) >= 11 is 7.02. The fourth-order valence-electron chi connectivity index (χ4n) is 2.97. The Labute approximate surface area is 188 Å². The van der Waals surface area contributed by atoms with Crippen molar-refractivity contribution in [1.82, 2.24) is 15.3 Å². The van der Waals surface area contributed by atoms with E-state index in [1.54, 1.807) is 0 Å². The quantitative estimate of drug-likeness (QED) is 0.350. The Hall–Kier alpha value is -1.92. The molecule has 3 aromatic rings. The van der Waals surface area contributed by atoms with Gasteiger partial charge in [-0.05, 0) is 68.8 Å². The van der Waals surface area contributed by atoms with E-state index in [4.69, 9.17) is 0 Å². The van der Waals surface area contributed by atoms with Crippen LogP contribution in [-0.2, 0) is 0 Å². The lowest BCUT2D eigenvalue weighted by Crippen LogP contribution is -2.25. The normalized spacial score (nSPS) is 12.4. The minimum absolute atomic E-state index is 0.109. The maximum absolute atomic E-state index is 12.9. The summed E-state index contributed by atoms with van der Waals surface area (Å²) in [5.74, 6) is 0.566. The fourth-order valence-corrected chi connectivity index (χ4v) is 3.64. The van der Waals surface area contributed by atoms with Crippen LogP contribution in [-0.4, -0.2) is 22.4 Å². The molecule has 6 heteroatoms. The fraction of sp³-hybridized carbons (Fsp3) is 0.304. The van der Waals surface area contributed by atoms with Gasteiger partial charge in [0.1, 0.15) is 5.82 Å². The molecule has 0 aliphatic heterocycles. The summed E-state index contributed by atoms with van der Waals surface area (Å²) in [7, 11) is 0. The predicted octanol–water partition coefficient (Wildman–Crippen LogP) is 6.87. The highest BCUT2D eigenvalue weighted by molar-refractivity contribution is 9.13. The first kappa shape index (κ1) is 21.8. The number of hydrogen-bond donors (Lipinski definition) is 2. The van der Waals surface area contributed by atoms with Gasteiger partial charge in [0.25, 0.3) is 5.91 Å². The Kier molecular flexibility index (Phi) is 6.64. The number of aromatic amines is 1. The van der Waals surface area contributed by atoms with Gasteiger partial charge in [-0.2, -0.15) is 0 Å². The van der Waals surface area contributed by atoms with Gasteiger partial charge in [0, 0.05) is 21.1 Å². The van der Waals surface area contributed by atoms with Crippen molar-refractivity contribution in [3.8, 4) is 11.4 Å². The number of nitrogens with one attached hydrogen (secondary N) is 2. The van der Waals surface area contributed by atoms with E-state index >= 15 is 0 Å². The van der Waals surface area contributed by atoms with E-state index < -0.39 is 0 Å². The van der Waals surface area contributed by atoms with Crippen LogP contribution in [0, 0.1) is 5.41 Å². The maximum atomic E-state index is 12.9. The van der Waals surface area contributed by atoms with Gasteiger partial charge in [-0.1, -0.05) is 50.6 Å². The number of carbonyl (C=O) groups is 1. The van der Waals surface area contributed by atoms with Crippen LogP contribution < -0.4 is 5.32 Å². The van der Waals surface area contributed by atoms with Gasteiger partial charge >= 0.3 is 0 Å². The minimum atomic E-state index is -0.109. The van der Waals surface area contributed by atoms with Gasteiger partial charge in [-0.15, -0.1) is 0 Å².